The first-order valence-corrected chi connectivity index (χ1v) is 23.4. The van der Waals surface area contributed by atoms with Gasteiger partial charge in [0.15, 0.2) is 0 Å². The third-order valence-electron chi connectivity index (χ3n) is 13.3. The maximum Gasteiger partial charge on any atom is 0.324 e. The molecule has 9 rings (SSSR count). The van der Waals surface area contributed by atoms with Gasteiger partial charge in [-0.3, -0.25) is 29.4 Å². The molecule has 2 N–H and O–H groups in total. The third-order valence-corrected chi connectivity index (χ3v) is 14.2. The highest BCUT2D eigenvalue weighted by Crippen LogP contribution is 2.53. The molecule has 14 heteroatoms. The molecule has 2 amide bonds. The van der Waals surface area contributed by atoms with E-state index in [4.69, 9.17) is 29.2 Å². The second kappa shape index (κ2) is 17.8. The second-order valence-electron chi connectivity index (χ2n) is 18.2. The van der Waals surface area contributed by atoms with Crippen LogP contribution in [0.4, 0.5) is 0 Å². The summed E-state index contributed by atoms with van der Waals surface area (Å²) in [6, 6.07) is 18.7. The minimum Gasteiger partial charge on any atom is -0.464 e. The molecule has 0 unspecified atom stereocenters. The number of cyclic esters (lactones) is 1. The molecule has 2 fully saturated rings. The Hall–Kier alpha value is -5.54. The molecule has 6 bridgehead atoms. The van der Waals surface area contributed by atoms with Crippen LogP contribution < -0.4 is 10.7 Å². The van der Waals surface area contributed by atoms with Gasteiger partial charge in [-0.1, -0.05) is 51.1 Å². The predicted molar refractivity (Wildman–Crippen MR) is 247 cm³/mol. The number of methoxy groups -OCH3 is 1. The summed E-state index contributed by atoms with van der Waals surface area (Å²) in [5, 5.41) is 10.3. The van der Waals surface area contributed by atoms with E-state index in [1.54, 1.807) is 13.3 Å². The van der Waals surface area contributed by atoms with Crippen LogP contribution in [0, 0.1) is 17.3 Å². The van der Waals surface area contributed by atoms with Crippen LogP contribution in [-0.4, -0.2) is 81.3 Å². The second-order valence-corrected chi connectivity index (χ2v) is 19.1. The highest BCUT2D eigenvalue weighted by Gasteiger charge is 2.54. The van der Waals surface area contributed by atoms with Crippen molar-refractivity contribution < 1.29 is 28.6 Å². The number of hydrogen-bond donors (Lipinski definition) is 2. The largest absolute Gasteiger partial charge is 0.464 e. The lowest BCUT2D eigenvalue weighted by atomic mass is 9.84. The zero-order valence-electron chi connectivity index (χ0n) is 37.6. The molecule has 6 heterocycles. The van der Waals surface area contributed by atoms with Crippen molar-refractivity contribution in [3.8, 4) is 22.5 Å². The molecule has 1 saturated carbocycles. The number of carbonyl (C=O) groups is 3. The number of nitrogens with zero attached hydrogens (tertiary/aromatic N) is 5. The van der Waals surface area contributed by atoms with Gasteiger partial charge in [0.05, 0.1) is 29.8 Å². The van der Waals surface area contributed by atoms with E-state index < -0.39 is 41.4 Å². The van der Waals surface area contributed by atoms with Crippen molar-refractivity contribution in [2.75, 3.05) is 26.9 Å². The Morgan fingerprint density at radius 2 is 1.89 bits per heavy atom. The average Bonchev–Trinajstić information content (AvgIpc) is 3.59. The Balaban J connectivity index is 1.13. The molecular weight excluding hydrogens is 827 g/mol. The van der Waals surface area contributed by atoms with Crippen LogP contribution >= 0.6 is 11.3 Å². The van der Waals surface area contributed by atoms with E-state index in [1.807, 2.05) is 62.7 Å². The number of rotatable bonds is 9. The first-order valence-electron chi connectivity index (χ1n) is 22.5. The number of hydrogen-bond acceptors (Lipinski definition) is 11. The number of thiazole rings is 1. The molecule has 1 aliphatic carbocycles. The van der Waals surface area contributed by atoms with Crippen molar-refractivity contribution in [1.29, 1.82) is 0 Å². The van der Waals surface area contributed by atoms with Gasteiger partial charge in [-0.05, 0) is 87.2 Å². The lowest BCUT2D eigenvalue weighted by Gasteiger charge is -2.37. The van der Waals surface area contributed by atoms with Crippen LogP contribution in [-0.2, 0) is 41.6 Å². The van der Waals surface area contributed by atoms with Crippen LogP contribution in [0.1, 0.15) is 94.5 Å². The maximum absolute atomic E-state index is 14.9. The van der Waals surface area contributed by atoms with E-state index in [0.717, 1.165) is 61.1 Å². The Labute approximate surface area is 377 Å². The van der Waals surface area contributed by atoms with E-state index >= 15 is 0 Å². The number of hydrazine groups is 1. The fraction of sp³-hybridized carbons (Fsp3) is 0.440. The molecule has 13 nitrogen and oxygen atoms in total. The van der Waals surface area contributed by atoms with Crippen molar-refractivity contribution >= 4 is 50.8 Å². The van der Waals surface area contributed by atoms with E-state index in [9.17, 15) is 14.4 Å². The van der Waals surface area contributed by atoms with Crippen molar-refractivity contribution in [1.82, 2.24) is 35.3 Å². The van der Waals surface area contributed by atoms with Gasteiger partial charge in [0.2, 0.25) is 5.91 Å². The van der Waals surface area contributed by atoms with Gasteiger partial charge >= 0.3 is 5.97 Å². The van der Waals surface area contributed by atoms with E-state index in [0.29, 0.717) is 37.4 Å². The quantitative estimate of drug-likeness (QED) is 0.136. The lowest BCUT2D eigenvalue weighted by molar-refractivity contribution is -0.156. The first-order chi connectivity index (χ1) is 30.9. The number of fused-ring (bicyclic) bond motifs is 7. The summed E-state index contributed by atoms with van der Waals surface area (Å²) in [5.74, 6) is -1.59. The molecule has 0 spiro atoms. The summed E-state index contributed by atoms with van der Waals surface area (Å²) in [6.07, 6.45) is 4.13. The monoisotopic (exact) mass is 883 g/mol. The molecular formula is C50H57N7O6S. The minimum absolute atomic E-state index is 0.00696. The highest BCUT2D eigenvalue weighted by atomic mass is 32.1. The molecule has 6 aromatic rings. The van der Waals surface area contributed by atoms with E-state index in [2.05, 4.69) is 66.4 Å². The number of pyridine rings is 2. The summed E-state index contributed by atoms with van der Waals surface area (Å²) in [5.41, 5.74) is 10.2. The molecule has 0 radical (unpaired) electrons. The molecule has 3 aliphatic rings. The highest BCUT2D eigenvalue weighted by molar-refractivity contribution is 7.10. The fourth-order valence-electron chi connectivity index (χ4n) is 9.79. The molecule has 2 aliphatic heterocycles. The number of ether oxygens (including phenoxy) is 3. The number of amides is 2. The number of aryl methyl sites for hydroxylation is 1. The number of aromatic nitrogens is 4. The first kappa shape index (κ1) is 43.7. The van der Waals surface area contributed by atoms with Gasteiger partial charge in [0.1, 0.15) is 23.2 Å². The summed E-state index contributed by atoms with van der Waals surface area (Å²) in [4.78, 5) is 58.1. The maximum atomic E-state index is 14.9. The van der Waals surface area contributed by atoms with Crippen LogP contribution in [0.2, 0.25) is 0 Å². The van der Waals surface area contributed by atoms with Crippen molar-refractivity contribution in [3.63, 3.8) is 0 Å². The minimum atomic E-state index is -1.15. The van der Waals surface area contributed by atoms with Gasteiger partial charge in [0.25, 0.3) is 5.91 Å². The third kappa shape index (κ3) is 8.21. The SMILES string of the molecule is CCO[C@@H]1c2nc(cs2)-c2ccc3c(c2)c(c(-c2cccnc2[C@H](C)OC)n3CC)CC(C)(C)COC(=O)[C@@H]2CCCN(N2)C(=O)[C@H]1NC(=O)[C@H]1[C@H](C)[C@@H]1c1cc2ccccc2cn1. The van der Waals surface area contributed by atoms with Gasteiger partial charge in [-0.25, -0.2) is 10.4 Å². The zero-order valence-corrected chi connectivity index (χ0v) is 38.4. The summed E-state index contributed by atoms with van der Waals surface area (Å²) >= 11 is 1.40. The van der Waals surface area contributed by atoms with Crippen molar-refractivity contribution in [2.24, 2.45) is 17.3 Å². The topological polar surface area (TPSA) is 150 Å². The predicted octanol–water partition coefficient (Wildman–Crippen LogP) is 8.34. The van der Waals surface area contributed by atoms with Crippen LogP contribution in [0.25, 0.3) is 44.2 Å². The molecule has 2 aromatic carbocycles. The Morgan fingerprint density at radius 3 is 2.67 bits per heavy atom. The molecule has 334 valence electrons. The summed E-state index contributed by atoms with van der Waals surface area (Å²) in [6.45, 7) is 13.8. The number of benzene rings is 2. The Bertz CT molecular complexity index is 2730. The summed E-state index contributed by atoms with van der Waals surface area (Å²) in [7, 11) is 1.70. The van der Waals surface area contributed by atoms with Gasteiger partial charge in [-0.15, -0.1) is 11.3 Å². The molecule has 4 aromatic heterocycles. The van der Waals surface area contributed by atoms with Crippen LogP contribution in [0.5, 0.6) is 0 Å². The van der Waals surface area contributed by atoms with Gasteiger partial charge in [0, 0.05) is 94.9 Å². The fourth-order valence-corrected chi connectivity index (χ4v) is 10.7. The molecule has 64 heavy (non-hydrogen) atoms. The number of carbonyl (C=O) groups excluding carboxylic acids is 3. The Kier molecular flexibility index (Phi) is 12.1. The van der Waals surface area contributed by atoms with E-state index in [1.165, 1.54) is 16.3 Å². The van der Waals surface area contributed by atoms with Crippen molar-refractivity contribution in [3.05, 3.63) is 100 Å². The standard InChI is InChI=1S/C50H57N7O6S/c1-8-56-39-19-18-31-22-34(39)35(44(56)33-16-12-20-51-42(33)29(4)61-7)24-50(5,6)27-63-49(60)36-17-13-21-57(55-36)48(59)43(45(62-9-2)47-53-38(31)26-64-47)54-46(58)41-28(3)40(41)37-23-30-14-10-11-15-32(30)25-52-37/h10-12,14-16,18-20,22-23,25-26,28-29,36,40-41,43,45,55H,8-9,13,17,21,24,27H2,1-7H3,(H,54,58)/t28-,29+,36+,40-,41+,43+,45+/m1/s1. The van der Waals surface area contributed by atoms with Gasteiger partial charge in [-0.2, -0.15) is 0 Å². The number of esters is 1. The average molecular weight is 884 g/mol. The lowest BCUT2D eigenvalue weighted by Crippen LogP contribution is -2.61. The normalized spacial score (nSPS) is 24.0. The smallest absolute Gasteiger partial charge is 0.324 e. The summed E-state index contributed by atoms with van der Waals surface area (Å²) < 4.78 is 20.7. The van der Waals surface area contributed by atoms with E-state index in [-0.39, 0.29) is 37.1 Å². The number of nitrogens with one attached hydrogen (secondary N) is 2. The zero-order chi connectivity index (χ0) is 44.9. The Morgan fingerprint density at radius 1 is 1.08 bits per heavy atom. The van der Waals surface area contributed by atoms with Crippen LogP contribution in [0.3, 0.4) is 0 Å². The molecule has 7 atom stereocenters. The van der Waals surface area contributed by atoms with Crippen LogP contribution in [0.15, 0.2) is 78.4 Å². The van der Waals surface area contributed by atoms with Crippen molar-refractivity contribution in [2.45, 2.75) is 97.6 Å². The van der Waals surface area contributed by atoms with Gasteiger partial charge < -0.3 is 24.1 Å². The molecule has 1 saturated heterocycles.